The van der Waals surface area contributed by atoms with Gasteiger partial charge >= 0.3 is 17.6 Å². The quantitative estimate of drug-likeness (QED) is 0.436. The number of carboxylic acid groups (broad SMARTS) is 2. The van der Waals surface area contributed by atoms with Gasteiger partial charge in [0.2, 0.25) is 5.91 Å². The fourth-order valence-electron chi connectivity index (χ4n) is 1.46. The first-order valence-electron chi connectivity index (χ1n) is 5.97. The van der Waals surface area contributed by atoms with Gasteiger partial charge in [-0.2, -0.15) is 0 Å². The van der Waals surface area contributed by atoms with Crippen molar-refractivity contribution in [3.63, 3.8) is 0 Å². The topological polar surface area (TPSA) is 165 Å². The Morgan fingerprint density at radius 1 is 1.33 bits per heavy atom. The lowest BCUT2D eigenvalue weighted by atomic mass is 10.1. The number of hydrogen-bond donors (Lipinski definition) is 4. The summed E-state index contributed by atoms with van der Waals surface area (Å²) in [7, 11) is 0. The van der Waals surface area contributed by atoms with E-state index in [-0.39, 0.29) is 19.4 Å². The van der Waals surface area contributed by atoms with Gasteiger partial charge in [-0.1, -0.05) is 0 Å². The van der Waals surface area contributed by atoms with Crippen molar-refractivity contribution in [2.75, 3.05) is 0 Å². The number of carbonyl (C=O) groups excluding carboxylic acids is 1. The third-order valence-electron chi connectivity index (χ3n) is 2.58. The van der Waals surface area contributed by atoms with Crippen LogP contribution in [0.15, 0.2) is 21.6 Å². The highest BCUT2D eigenvalue weighted by Gasteiger charge is 2.22. The summed E-state index contributed by atoms with van der Waals surface area (Å²) in [6.45, 7) is -0.270. The van der Waals surface area contributed by atoms with Crippen molar-refractivity contribution in [1.29, 1.82) is 0 Å². The smallest absolute Gasteiger partial charge is 0.357 e. The van der Waals surface area contributed by atoms with Crippen molar-refractivity contribution < 1.29 is 29.1 Å². The first kappa shape index (κ1) is 16.4. The average molecular weight is 301 g/mol. The fraction of sp³-hybridized carbons (Fsp3) is 0.455. The summed E-state index contributed by atoms with van der Waals surface area (Å²) >= 11 is 0. The Morgan fingerprint density at radius 2 is 2.00 bits per heavy atom. The van der Waals surface area contributed by atoms with Gasteiger partial charge in [0.1, 0.15) is 12.1 Å². The van der Waals surface area contributed by atoms with Crippen LogP contribution in [0.3, 0.4) is 0 Å². The van der Waals surface area contributed by atoms with Crippen LogP contribution in [0.4, 0.5) is 0 Å². The maximum atomic E-state index is 11.6. The molecule has 1 aromatic heterocycles. The molecule has 1 amide bonds. The zero-order valence-electron chi connectivity index (χ0n) is 10.9. The number of nitrogens with zero attached hydrogens (tertiary/aromatic N) is 1. The van der Waals surface area contributed by atoms with Crippen molar-refractivity contribution >= 4 is 17.8 Å². The predicted molar refractivity (Wildman–Crippen MR) is 67.4 cm³/mol. The molecule has 0 radical (unpaired) electrons. The molecule has 1 heterocycles. The Hall–Kier alpha value is -2.62. The Labute approximate surface area is 118 Å². The third-order valence-corrected chi connectivity index (χ3v) is 2.58. The summed E-state index contributed by atoms with van der Waals surface area (Å²) in [6, 6.07) is -1.40. The zero-order chi connectivity index (χ0) is 16.0. The van der Waals surface area contributed by atoms with E-state index >= 15 is 0 Å². The van der Waals surface area contributed by atoms with E-state index in [1.165, 1.54) is 6.20 Å². The van der Waals surface area contributed by atoms with Crippen LogP contribution >= 0.6 is 0 Å². The standard InChI is InChI=1S/C11H15N3O7/c12-6(10(17)18)1-2-8(15)13-7(11(19)20)5-14-4-3-9(16)21-14/h3-4,6-7H,1-2,5,12H2,(H,13,15)(H,17,18)(H,19,20). The Kier molecular flexibility index (Phi) is 5.67. The molecule has 0 fully saturated rings. The molecule has 0 bridgehead atoms. The molecule has 0 aromatic carbocycles. The van der Waals surface area contributed by atoms with Crippen molar-refractivity contribution in [2.24, 2.45) is 5.73 Å². The van der Waals surface area contributed by atoms with Gasteiger partial charge in [-0.3, -0.25) is 9.59 Å². The molecule has 0 aliphatic carbocycles. The zero-order valence-corrected chi connectivity index (χ0v) is 10.9. The second kappa shape index (κ2) is 7.24. The number of nitrogens with two attached hydrogens (primary N) is 1. The van der Waals surface area contributed by atoms with E-state index < -0.39 is 35.6 Å². The highest BCUT2D eigenvalue weighted by Crippen LogP contribution is 1.98. The minimum absolute atomic E-state index is 0.119. The van der Waals surface area contributed by atoms with Crippen LogP contribution in [0, 0.1) is 0 Å². The highest BCUT2D eigenvalue weighted by molar-refractivity contribution is 5.84. The molecule has 0 spiro atoms. The Bertz CT molecular complexity index is 576. The first-order chi connectivity index (χ1) is 9.79. The van der Waals surface area contributed by atoms with Crippen LogP contribution in [0.1, 0.15) is 12.8 Å². The number of nitrogens with one attached hydrogen (secondary N) is 1. The SMILES string of the molecule is NC(CCC(=O)NC(Cn1ccc(=O)o1)C(=O)O)C(=O)O. The molecule has 0 aliphatic rings. The van der Waals surface area contributed by atoms with E-state index in [0.29, 0.717) is 0 Å². The Morgan fingerprint density at radius 3 is 2.48 bits per heavy atom. The molecule has 116 valence electrons. The maximum Gasteiger partial charge on any atom is 0.357 e. The summed E-state index contributed by atoms with van der Waals surface area (Å²) in [5.41, 5.74) is 4.59. The van der Waals surface area contributed by atoms with E-state index in [9.17, 15) is 19.2 Å². The minimum atomic E-state index is -1.32. The van der Waals surface area contributed by atoms with Crippen LogP contribution in [-0.2, 0) is 20.9 Å². The summed E-state index contributed by atoms with van der Waals surface area (Å²) in [6.07, 6.45) is 0.893. The fourth-order valence-corrected chi connectivity index (χ4v) is 1.46. The number of amides is 1. The molecule has 0 aliphatic heterocycles. The highest BCUT2D eigenvalue weighted by atomic mass is 16.5. The van der Waals surface area contributed by atoms with Gasteiger partial charge in [0.25, 0.3) is 0 Å². The van der Waals surface area contributed by atoms with E-state index in [2.05, 4.69) is 9.84 Å². The number of hydrogen-bond acceptors (Lipinski definition) is 6. The third kappa shape index (κ3) is 5.48. The van der Waals surface area contributed by atoms with Crippen molar-refractivity contribution in [3.8, 4) is 0 Å². The number of rotatable bonds is 8. The average Bonchev–Trinajstić information content (AvgIpc) is 2.80. The lowest BCUT2D eigenvalue weighted by Gasteiger charge is -2.14. The molecule has 10 heteroatoms. The van der Waals surface area contributed by atoms with Gasteiger partial charge in [-0.05, 0) is 6.42 Å². The monoisotopic (exact) mass is 301 g/mol. The van der Waals surface area contributed by atoms with Gasteiger partial charge < -0.3 is 25.8 Å². The van der Waals surface area contributed by atoms with Crippen molar-refractivity contribution in [1.82, 2.24) is 10.1 Å². The van der Waals surface area contributed by atoms with Gasteiger partial charge in [-0.15, -0.1) is 0 Å². The summed E-state index contributed by atoms with van der Waals surface area (Å²) in [5, 5.41) is 19.8. The molecule has 1 rings (SSSR count). The molecule has 5 N–H and O–H groups in total. The molecule has 2 unspecified atom stereocenters. The number of aliphatic carboxylic acids is 2. The molecule has 2 atom stereocenters. The lowest BCUT2D eigenvalue weighted by molar-refractivity contribution is -0.143. The van der Waals surface area contributed by atoms with Crippen LogP contribution < -0.4 is 16.7 Å². The van der Waals surface area contributed by atoms with Crippen molar-refractivity contribution in [2.45, 2.75) is 31.5 Å². The van der Waals surface area contributed by atoms with Crippen LogP contribution in [0.2, 0.25) is 0 Å². The largest absolute Gasteiger partial charge is 0.480 e. The van der Waals surface area contributed by atoms with E-state index in [1.54, 1.807) is 0 Å². The molecule has 1 aromatic rings. The van der Waals surface area contributed by atoms with Gasteiger partial charge in [0.05, 0.1) is 6.54 Å². The normalized spacial score (nSPS) is 13.4. The molecular weight excluding hydrogens is 286 g/mol. The van der Waals surface area contributed by atoms with E-state index in [4.69, 9.17) is 15.9 Å². The second-order valence-corrected chi connectivity index (χ2v) is 4.27. The lowest BCUT2D eigenvalue weighted by Crippen LogP contribution is -2.44. The van der Waals surface area contributed by atoms with E-state index in [1.807, 2.05) is 0 Å². The number of carboxylic acids is 2. The van der Waals surface area contributed by atoms with Crippen LogP contribution in [-0.4, -0.2) is 44.9 Å². The van der Waals surface area contributed by atoms with Crippen molar-refractivity contribution in [3.05, 3.63) is 22.7 Å². The van der Waals surface area contributed by atoms with Crippen LogP contribution in [0.25, 0.3) is 0 Å². The predicted octanol–water partition coefficient (Wildman–Crippen LogP) is -1.80. The van der Waals surface area contributed by atoms with Gasteiger partial charge in [-0.25, -0.2) is 14.3 Å². The second-order valence-electron chi connectivity index (χ2n) is 4.27. The van der Waals surface area contributed by atoms with Gasteiger partial charge in [0, 0.05) is 18.7 Å². The molecular formula is C11H15N3O7. The van der Waals surface area contributed by atoms with Gasteiger partial charge in [0.15, 0.2) is 0 Å². The molecule has 0 saturated heterocycles. The molecule has 21 heavy (non-hydrogen) atoms. The summed E-state index contributed by atoms with van der Waals surface area (Å²) < 4.78 is 5.60. The maximum absolute atomic E-state index is 11.6. The van der Waals surface area contributed by atoms with E-state index in [0.717, 1.165) is 10.8 Å². The molecule has 0 saturated carbocycles. The summed E-state index contributed by atoms with van der Waals surface area (Å²) in [5.74, 6) is -3.22. The first-order valence-corrected chi connectivity index (χ1v) is 5.97. The summed E-state index contributed by atoms with van der Waals surface area (Å²) in [4.78, 5) is 43.9. The number of carbonyl (C=O) groups is 3. The number of aromatic nitrogens is 1. The van der Waals surface area contributed by atoms with Crippen LogP contribution in [0.5, 0.6) is 0 Å². The molecule has 10 nitrogen and oxygen atoms in total. The Balaban J connectivity index is 2.54. The minimum Gasteiger partial charge on any atom is -0.480 e.